The Morgan fingerprint density at radius 3 is 2.50 bits per heavy atom. The molecular formula is C24H29NO5. The number of carbonyl (C=O) groups excluding carboxylic acids is 1. The van der Waals surface area contributed by atoms with Gasteiger partial charge in [-0.2, -0.15) is 0 Å². The highest BCUT2D eigenvalue weighted by Gasteiger charge is 2.33. The van der Waals surface area contributed by atoms with Gasteiger partial charge in [-0.1, -0.05) is 50.2 Å². The van der Waals surface area contributed by atoms with Crippen molar-refractivity contribution in [1.29, 1.82) is 0 Å². The van der Waals surface area contributed by atoms with E-state index < -0.39 is 17.6 Å². The van der Waals surface area contributed by atoms with E-state index in [0.29, 0.717) is 24.6 Å². The summed E-state index contributed by atoms with van der Waals surface area (Å²) < 4.78 is 11.3. The van der Waals surface area contributed by atoms with Crippen LogP contribution in [0.2, 0.25) is 0 Å². The van der Waals surface area contributed by atoms with Gasteiger partial charge < -0.3 is 19.9 Å². The lowest BCUT2D eigenvalue weighted by Gasteiger charge is -2.29. The van der Waals surface area contributed by atoms with Crippen LogP contribution in [0.4, 0.5) is 0 Å². The molecule has 0 radical (unpaired) electrons. The molecule has 0 fully saturated rings. The van der Waals surface area contributed by atoms with Crippen LogP contribution < -0.4 is 10.1 Å². The summed E-state index contributed by atoms with van der Waals surface area (Å²) in [4.78, 5) is 24.2. The van der Waals surface area contributed by atoms with Crippen molar-refractivity contribution in [3.8, 4) is 5.75 Å². The van der Waals surface area contributed by atoms with Crippen LogP contribution in [-0.4, -0.2) is 29.2 Å². The topological polar surface area (TPSA) is 84.9 Å². The van der Waals surface area contributed by atoms with Gasteiger partial charge in [0, 0.05) is 12.1 Å². The monoisotopic (exact) mass is 411 g/mol. The number of carboxylic acid groups (broad SMARTS) is 1. The van der Waals surface area contributed by atoms with E-state index in [1.54, 1.807) is 12.1 Å². The van der Waals surface area contributed by atoms with Crippen molar-refractivity contribution in [3.05, 3.63) is 64.7 Å². The molecule has 2 aromatic rings. The number of rotatable bonds is 7. The van der Waals surface area contributed by atoms with Crippen molar-refractivity contribution in [2.24, 2.45) is 0 Å². The summed E-state index contributed by atoms with van der Waals surface area (Å²) in [5.74, 6) is -0.470. The summed E-state index contributed by atoms with van der Waals surface area (Å²) in [7, 11) is 0. The van der Waals surface area contributed by atoms with Gasteiger partial charge in [0.15, 0.2) is 5.60 Å². The lowest BCUT2D eigenvalue weighted by Crippen LogP contribution is -2.40. The van der Waals surface area contributed by atoms with Gasteiger partial charge in [0.1, 0.15) is 18.4 Å². The van der Waals surface area contributed by atoms with E-state index in [1.165, 1.54) is 19.4 Å². The van der Waals surface area contributed by atoms with Crippen LogP contribution in [0.5, 0.6) is 5.75 Å². The number of carboxylic acids is 1. The molecule has 160 valence electrons. The van der Waals surface area contributed by atoms with Crippen LogP contribution in [-0.2, 0) is 27.4 Å². The fourth-order valence-corrected chi connectivity index (χ4v) is 3.43. The SMILES string of the molecule is CC(C)c1ccc(COC(=O)C2NCCc3c(OC(C)(C)C(=O)O)cccc32)cc1. The molecule has 3 rings (SSSR count). The molecule has 6 nitrogen and oxygen atoms in total. The van der Waals surface area contributed by atoms with Crippen molar-refractivity contribution in [3.63, 3.8) is 0 Å². The van der Waals surface area contributed by atoms with Crippen molar-refractivity contribution in [1.82, 2.24) is 5.32 Å². The standard InChI is InChI=1S/C24H29NO5/c1-15(2)17-10-8-16(9-11-17)14-29-22(26)21-19-6-5-7-20(18(19)12-13-25-21)30-24(3,4)23(27)28/h5-11,15,21,25H,12-14H2,1-4H3,(H,27,28). The molecule has 2 N–H and O–H groups in total. The van der Waals surface area contributed by atoms with Crippen LogP contribution in [0.15, 0.2) is 42.5 Å². The fraction of sp³-hybridized carbons (Fsp3) is 0.417. The van der Waals surface area contributed by atoms with Gasteiger partial charge in [-0.3, -0.25) is 0 Å². The molecule has 1 aliphatic rings. The molecule has 30 heavy (non-hydrogen) atoms. The molecule has 1 heterocycles. The second kappa shape index (κ2) is 8.88. The van der Waals surface area contributed by atoms with Gasteiger partial charge in [-0.25, -0.2) is 9.59 Å². The lowest BCUT2D eigenvalue weighted by atomic mass is 9.93. The Morgan fingerprint density at radius 2 is 1.87 bits per heavy atom. The third-order valence-electron chi connectivity index (χ3n) is 5.35. The molecule has 1 atom stereocenters. The second-order valence-corrected chi connectivity index (χ2v) is 8.38. The van der Waals surface area contributed by atoms with Gasteiger partial charge in [-0.15, -0.1) is 0 Å². The number of aliphatic carboxylic acids is 1. The molecule has 0 saturated heterocycles. The van der Waals surface area contributed by atoms with Gasteiger partial charge in [0.05, 0.1) is 0 Å². The van der Waals surface area contributed by atoms with E-state index in [2.05, 4.69) is 31.3 Å². The lowest BCUT2D eigenvalue weighted by molar-refractivity contribution is -0.152. The van der Waals surface area contributed by atoms with Crippen LogP contribution in [0.3, 0.4) is 0 Å². The Hall–Kier alpha value is -2.86. The Kier molecular flexibility index (Phi) is 6.46. The maximum absolute atomic E-state index is 12.8. The van der Waals surface area contributed by atoms with Gasteiger partial charge in [0.25, 0.3) is 0 Å². The van der Waals surface area contributed by atoms with Crippen LogP contribution in [0.25, 0.3) is 0 Å². The zero-order valence-corrected chi connectivity index (χ0v) is 17.9. The zero-order chi connectivity index (χ0) is 21.9. The summed E-state index contributed by atoms with van der Waals surface area (Å²) in [5.41, 5.74) is 2.42. The van der Waals surface area contributed by atoms with E-state index >= 15 is 0 Å². The predicted molar refractivity (Wildman–Crippen MR) is 114 cm³/mol. The minimum absolute atomic E-state index is 0.201. The van der Waals surface area contributed by atoms with E-state index in [1.807, 2.05) is 18.2 Å². The highest BCUT2D eigenvalue weighted by Crippen LogP contribution is 2.33. The van der Waals surface area contributed by atoms with Crippen molar-refractivity contribution >= 4 is 11.9 Å². The molecule has 0 aromatic heterocycles. The molecule has 0 bridgehead atoms. The highest BCUT2D eigenvalue weighted by molar-refractivity contribution is 5.79. The molecule has 2 aromatic carbocycles. The number of esters is 1. The Bertz CT molecular complexity index is 918. The van der Waals surface area contributed by atoms with E-state index in [-0.39, 0.29) is 12.6 Å². The smallest absolute Gasteiger partial charge is 0.347 e. The third kappa shape index (κ3) is 4.82. The van der Waals surface area contributed by atoms with Gasteiger partial charge in [0.2, 0.25) is 0 Å². The average Bonchev–Trinajstić information content (AvgIpc) is 2.71. The fourth-order valence-electron chi connectivity index (χ4n) is 3.43. The first-order chi connectivity index (χ1) is 14.2. The van der Waals surface area contributed by atoms with Gasteiger partial charge >= 0.3 is 11.9 Å². The van der Waals surface area contributed by atoms with E-state index in [9.17, 15) is 14.7 Å². The zero-order valence-electron chi connectivity index (χ0n) is 17.9. The summed E-state index contributed by atoms with van der Waals surface area (Å²) >= 11 is 0. The molecule has 1 unspecified atom stereocenters. The first kappa shape index (κ1) is 21.8. The van der Waals surface area contributed by atoms with Crippen LogP contribution in [0.1, 0.15) is 61.9 Å². The maximum atomic E-state index is 12.8. The summed E-state index contributed by atoms with van der Waals surface area (Å²) in [6.07, 6.45) is 0.641. The first-order valence-corrected chi connectivity index (χ1v) is 10.2. The Labute approximate surface area is 177 Å². The molecule has 6 heteroatoms. The predicted octanol–water partition coefficient (Wildman–Crippen LogP) is 3.98. The normalized spacial score (nSPS) is 16.1. The van der Waals surface area contributed by atoms with E-state index in [0.717, 1.165) is 16.7 Å². The minimum Gasteiger partial charge on any atom is -0.478 e. The molecule has 1 aliphatic heterocycles. The minimum atomic E-state index is -1.36. The number of carbonyl (C=O) groups is 2. The number of nitrogens with one attached hydrogen (secondary N) is 1. The Balaban J connectivity index is 1.73. The van der Waals surface area contributed by atoms with Crippen LogP contribution >= 0.6 is 0 Å². The first-order valence-electron chi connectivity index (χ1n) is 10.2. The highest BCUT2D eigenvalue weighted by atomic mass is 16.5. The molecule has 0 amide bonds. The summed E-state index contributed by atoms with van der Waals surface area (Å²) in [6.45, 7) is 8.06. The van der Waals surface area contributed by atoms with Crippen molar-refractivity contribution in [2.45, 2.75) is 58.3 Å². The maximum Gasteiger partial charge on any atom is 0.347 e. The molecular weight excluding hydrogens is 382 g/mol. The molecule has 0 spiro atoms. The number of fused-ring (bicyclic) bond motifs is 1. The largest absolute Gasteiger partial charge is 0.478 e. The van der Waals surface area contributed by atoms with Gasteiger partial charge in [-0.05, 0) is 48.9 Å². The summed E-state index contributed by atoms with van der Waals surface area (Å²) in [5, 5.41) is 12.6. The Morgan fingerprint density at radius 1 is 1.17 bits per heavy atom. The number of hydrogen-bond donors (Lipinski definition) is 2. The second-order valence-electron chi connectivity index (χ2n) is 8.38. The molecule has 0 saturated carbocycles. The van der Waals surface area contributed by atoms with Crippen molar-refractivity contribution in [2.75, 3.05) is 6.54 Å². The van der Waals surface area contributed by atoms with Crippen molar-refractivity contribution < 1.29 is 24.2 Å². The van der Waals surface area contributed by atoms with Crippen LogP contribution in [0, 0.1) is 0 Å². The number of hydrogen-bond acceptors (Lipinski definition) is 5. The van der Waals surface area contributed by atoms with E-state index in [4.69, 9.17) is 9.47 Å². The number of ether oxygens (including phenoxy) is 2. The summed E-state index contributed by atoms with van der Waals surface area (Å²) in [6, 6.07) is 12.8. The number of benzene rings is 2. The molecule has 0 aliphatic carbocycles. The quantitative estimate of drug-likeness (QED) is 0.671. The third-order valence-corrected chi connectivity index (χ3v) is 5.35. The average molecular weight is 411 g/mol.